The van der Waals surface area contributed by atoms with Gasteiger partial charge >= 0.3 is 0 Å². The van der Waals surface area contributed by atoms with Crippen molar-refractivity contribution in [3.63, 3.8) is 0 Å². The van der Waals surface area contributed by atoms with Crippen LogP contribution in [0.25, 0.3) is 11.0 Å². The Kier molecular flexibility index (Phi) is 4.79. The summed E-state index contributed by atoms with van der Waals surface area (Å²) in [5, 5.41) is 0.745. The number of hydrogen-bond donors (Lipinski definition) is 0. The number of anilines is 1. The fourth-order valence-electron chi connectivity index (χ4n) is 3.76. The maximum Gasteiger partial charge on any atom is 0.245 e. The second kappa shape index (κ2) is 7.24. The lowest BCUT2D eigenvalue weighted by molar-refractivity contribution is -0.134. The highest BCUT2D eigenvalue weighted by molar-refractivity contribution is 6.30. The lowest BCUT2D eigenvalue weighted by atomic mass is 10.1. The molecule has 1 atom stereocenters. The third-order valence-corrected chi connectivity index (χ3v) is 5.59. The van der Waals surface area contributed by atoms with Gasteiger partial charge in [0, 0.05) is 36.9 Å². The number of para-hydroxylation sites is 2. The zero-order chi connectivity index (χ0) is 19.0. The van der Waals surface area contributed by atoms with Crippen molar-refractivity contribution in [2.75, 3.05) is 31.1 Å². The first kappa shape index (κ1) is 17.9. The number of nitrogens with zero attached hydrogens (tertiary/aromatic N) is 4. The van der Waals surface area contributed by atoms with Crippen LogP contribution in [0.5, 0.6) is 0 Å². The minimum Gasteiger partial charge on any atom is -0.368 e. The van der Waals surface area contributed by atoms with Gasteiger partial charge in [-0.2, -0.15) is 0 Å². The van der Waals surface area contributed by atoms with Gasteiger partial charge in [-0.15, -0.1) is 0 Å². The highest BCUT2D eigenvalue weighted by Gasteiger charge is 2.27. The molecule has 1 aliphatic heterocycles. The van der Waals surface area contributed by atoms with Crippen LogP contribution in [-0.4, -0.2) is 46.5 Å². The molecule has 0 bridgehead atoms. The van der Waals surface area contributed by atoms with E-state index in [4.69, 9.17) is 11.6 Å². The summed E-state index contributed by atoms with van der Waals surface area (Å²) in [7, 11) is 0. The third kappa shape index (κ3) is 3.39. The van der Waals surface area contributed by atoms with Gasteiger partial charge in [-0.05, 0) is 43.7 Å². The van der Waals surface area contributed by atoms with Gasteiger partial charge < -0.3 is 14.4 Å². The van der Waals surface area contributed by atoms with E-state index >= 15 is 0 Å². The maximum absolute atomic E-state index is 13.0. The van der Waals surface area contributed by atoms with Crippen LogP contribution in [0.15, 0.2) is 48.8 Å². The predicted octanol–water partition coefficient (Wildman–Crippen LogP) is 3.91. The van der Waals surface area contributed by atoms with Gasteiger partial charge in [0.25, 0.3) is 0 Å². The largest absolute Gasteiger partial charge is 0.368 e. The van der Waals surface area contributed by atoms with E-state index < -0.39 is 0 Å². The van der Waals surface area contributed by atoms with Gasteiger partial charge in [0.2, 0.25) is 5.91 Å². The quantitative estimate of drug-likeness (QED) is 0.689. The summed E-state index contributed by atoms with van der Waals surface area (Å²) < 4.78 is 1.96. The molecule has 0 saturated carbocycles. The second-order valence-electron chi connectivity index (χ2n) is 7.06. The first-order chi connectivity index (χ1) is 13.0. The summed E-state index contributed by atoms with van der Waals surface area (Å²) in [4.78, 5) is 21.7. The van der Waals surface area contributed by atoms with Crippen molar-refractivity contribution < 1.29 is 4.79 Å². The molecule has 5 nitrogen and oxygen atoms in total. The van der Waals surface area contributed by atoms with E-state index in [0.717, 1.165) is 34.8 Å². The molecule has 0 spiro atoms. The van der Waals surface area contributed by atoms with Crippen LogP contribution >= 0.6 is 11.6 Å². The fourth-order valence-corrected chi connectivity index (χ4v) is 3.93. The summed E-state index contributed by atoms with van der Waals surface area (Å²) >= 11 is 6.16. The highest BCUT2D eigenvalue weighted by atomic mass is 35.5. The van der Waals surface area contributed by atoms with Crippen molar-refractivity contribution in [1.29, 1.82) is 0 Å². The molecule has 0 N–H and O–H groups in total. The number of amides is 1. The van der Waals surface area contributed by atoms with E-state index in [2.05, 4.69) is 16.8 Å². The first-order valence-electron chi connectivity index (χ1n) is 9.26. The average Bonchev–Trinajstić information content (AvgIpc) is 3.13. The SMILES string of the molecule is Cc1ccc(Cl)cc1N1CCN(C(=O)C(C)n2cnc3ccccc32)CC1. The molecule has 140 valence electrons. The van der Waals surface area contributed by atoms with Crippen LogP contribution < -0.4 is 4.90 Å². The number of benzene rings is 2. The Labute approximate surface area is 164 Å². The van der Waals surface area contributed by atoms with Gasteiger partial charge in [-0.25, -0.2) is 4.98 Å². The van der Waals surface area contributed by atoms with Crippen LogP contribution in [0.1, 0.15) is 18.5 Å². The smallest absolute Gasteiger partial charge is 0.245 e. The van der Waals surface area contributed by atoms with E-state index in [-0.39, 0.29) is 11.9 Å². The summed E-state index contributed by atoms with van der Waals surface area (Å²) in [5.74, 6) is 0.139. The number of carbonyl (C=O) groups is 1. The molecule has 3 aromatic rings. The van der Waals surface area contributed by atoms with Crippen LogP contribution in [0.2, 0.25) is 5.02 Å². The molecule has 2 aromatic carbocycles. The minimum atomic E-state index is -0.267. The van der Waals surface area contributed by atoms with Crippen molar-refractivity contribution in [1.82, 2.24) is 14.5 Å². The molecule has 27 heavy (non-hydrogen) atoms. The summed E-state index contributed by atoms with van der Waals surface area (Å²) in [5.41, 5.74) is 4.27. The van der Waals surface area contributed by atoms with Gasteiger partial charge in [0.15, 0.2) is 0 Å². The summed E-state index contributed by atoms with van der Waals surface area (Å²) in [6, 6.07) is 13.6. The molecule has 1 unspecified atom stereocenters. The van der Waals surface area contributed by atoms with Crippen molar-refractivity contribution >= 4 is 34.2 Å². The molecule has 4 rings (SSSR count). The van der Waals surface area contributed by atoms with E-state index in [0.29, 0.717) is 13.1 Å². The van der Waals surface area contributed by atoms with Gasteiger partial charge in [0.05, 0.1) is 17.4 Å². The molecular weight excluding hydrogens is 360 g/mol. The highest BCUT2D eigenvalue weighted by Crippen LogP contribution is 2.26. The molecule has 2 heterocycles. The molecule has 1 amide bonds. The Morgan fingerprint density at radius 1 is 1.11 bits per heavy atom. The topological polar surface area (TPSA) is 41.4 Å². The first-order valence-corrected chi connectivity index (χ1v) is 9.64. The molecule has 0 aliphatic carbocycles. The number of aryl methyl sites for hydroxylation is 1. The van der Waals surface area contributed by atoms with Crippen molar-refractivity contribution in [3.05, 3.63) is 59.4 Å². The van der Waals surface area contributed by atoms with Crippen LogP contribution in [0.4, 0.5) is 5.69 Å². The van der Waals surface area contributed by atoms with Crippen LogP contribution in [-0.2, 0) is 4.79 Å². The van der Waals surface area contributed by atoms with E-state index in [1.54, 1.807) is 6.33 Å². The predicted molar refractivity (Wildman–Crippen MR) is 109 cm³/mol. The number of carbonyl (C=O) groups excluding carboxylic acids is 1. The molecule has 0 radical (unpaired) electrons. The Bertz CT molecular complexity index is 975. The lowest BCUT2D eigenvalue weighted by Gasteiger charge is -2.38. The molecular formula is C21H23ClN4O. The Balaban J connectivity index is 1.46. The fraction of sp³-hybridized carbons (Fsp3) is 0.333. The van der Waals surface area contributed by atoms with E-state index in [9.17, 15) is 4.79 Å². The standard InChI is InChI=1S/C21H23ClN4O/c1-15-7-8-17(22)13-20(15)24-9-11-25(12-10-24)21(27)16(2)26-14-23-18-5-3-4-6-19(18)26/h3-8,13-14,16H,9-12H2,1-2H3. The maximum atomic E-state index is 13.0. The Morgan fingerprint density at radius 3 is 2.63 bits per heavy atom. The Hall–Kier alpha value is -2.53. The molecule has 6 heteroatoms. The molecule has 1 saturated heterocycles. The van der Waals surface area contributed by atoms with E-state index in [1.807, 2.05) is 58.9 Å². The number of fused-ring (bicyclic) bond motifs is 1. The molecule has 1 aromatic heterocycles. The number of aromatic nitrogens is 2. The normalized spacial score (nSPS) is 16.0. The second-order valence-corrected chi connectivity index (χ2v) is 7.50. The zero-order valence-electron chi connectivity index (χ0n) is 15.6. The van der Waals surface area contributed by atoms with Crippen LogP contribution in [0, 0.1) is 6.92 Å². The Morgan fingerprint density at radius 2 is 1.85 bits per heavy atom. The number of imidazole rings is 1. The number of piperazine rings is 1. The number of rotatable bonds is 3. The summed E-state index contributed by atoms with van der Waals surface area (Å²) in [6.45, 7) is 7.08. The van der Waals surface area contributed by atoms with Crippen LogP contribution in [0.3, 0.4) is 0 Å². The third-order valence-electron chi connectivity index (χ3n) is 5.36. The monoisotopic (exact) mass is 382 g/mol. The minimum absolute atomic E-state index is 0.139. The lowest BCUT2D eigenvalue weighted by Crippen LogP contribution is -2.50. The van der Waals surface area contributed by atoms with Gasteiger partial charge in [0.1, 0.15) is 6.04 Å². The van der Waals surface area contributed by atoms with Gasteiger partial charge in [-0.3, -0.25) is 4.79 Å². The van der Waals surface area contributed by atoms with Crippen molar-refractivity contribution in [3.8, 4) is 0 Å². The van der Waals surface area contributed by atoms with Crippen molar-refractivity contribution in [2.45, 2.75) is 19.9 Å². The molecule has 1 fully saturated rings. The zero-order valence-corrected chi connectivity index (χ0v) is 16.4. The number of hydrogen-bond acceptors (Lipinski definition) is 3. The average molecular weight is 383 g/mol. The van der Waals surface area contributed by atoms with E-state index in [1.165, 1.54) is 5.56 Å². The van der Waals surface area contributed by atoms with Crippen molar-refractivity contribution in [2.24, 2.45) is 0 Å². The van der Waals surface area contributed by atoms with Gasteiger partial charge in [-0.1, -0.05) is 29.8 Å². The summed E-state index contributed by atoms with van der Waals surface area (Å²) in [6.07, 6.45) is 1.76. The number of halogens is 1. The molecule has 1 aliphatic rings.